The standard InChI is InChI=1S/C20H15NO/c1-13-11-17(14-7-3-2-4-8-14)19-18(22)12-15-9-5-6-10-16(15)20(19)21-13/h2-12,22H,1H3. The number of aromatic hydroxyl groups is 1. The molecule has 0 fully saturated rings. The van der Waals surface area contributed by atoms with E-state index in [1.54, 1.807) is 0 Å². The highest BCUT2D eigenvalue weighted by Crippen LogP contribution is 2.38. The van der Waals surface area contributed by atoms with E-state index in [0.29, 0.717) is 0 Å². The van der Waals surface area contributed by atoms with Gasteiger partial charge in [-0.25, -0.2) is 0 Å². The monoisotopic (exact) mass is 285 g/mol. The van der Waals surface area contributed by atoms with Crippen LogP contribution < -0.4 is 0 Å². The van der Waals surface area contributed by atoms with Gasteiger partial charge in [-0.15, -0.1) is 0 Å². The molecular weight excluding hydrogens is 270 g/mol. The summed E-state index contributed by atoms with van der Waals surface area (Å²) in [4.78, 5) is 4.69. The van der Waals surface area contributed by atoms with Crippen molar-refractivity contribution in [3.63, 3.8) is 0 Å². The summed E-state index contributed by atoms with van der Waals surface area (Å²) in [5.41, 5.74) is 3.91. The summed E-state index contributed by atoms with van der Waals surface area (Å²) in [6.07, 6.45) is 0. The van der Waals surface area contributed by atoms with Crippen LogP contribution >= 0.6 is 0 Å². The van der Waals surface area contributed by atoms with Crippen LogP contribution in [0, 0.1) is 6.92 Å². The van der Waals surface area contributed by atoms with Crippen LogP contribution in [0.15, 0.2) is 66.7 Å². The molecule has 0 aliphatic heterocycles. The first kappa shape index (κ1) is 12.8. The molecule has 0 radical (unpaired) electrons. The van der Waals surface area contributed by atoms with Crippen LogP contribution in [0.2, 0.25) is 0 Å². The lowest BCUT2D eigenvalue weighted by Crippen LogP contribution is -1.90. The first-order valence-electron chi connectivity index (χ1n) is 7.31. The number of phenols is 1. The summed E-state index contributed by atoms with van der Waals surface area (Å²) in [6, 6.07) is 22.0. The summed E-state index contributed by atoms with van der Waals surface area (Å²) < 4.78 is 0. The number of fused-ring (bicyclic) bond motifs is 3. The third kappa shape index (κ3) is 1.92. The van der Waals surface area contributed by atoms with E-state index in [9.17, 15) is 5.11 Å². The third-order valence-corrected chi connectivity index (χ3v) is 4.00. The van der Waals surface area contributed by atoms with Crippen molar-refractivity contribution in [2.75, 3.05) is 0 Å². The van der Waals surface area contributed by atoms with Crippen molar-refractivity contribution < 1.29 is 5.11 Å². The zero-order valence-electron chi connectivity index (χ0n) is 12.2. The van der Waals surface area contributed by atoms with E-state index < -0.39 is 0 Å². The van der Waals surface area contributed by atoms with E-state index in [4.69, 9.17) is 4.98 Å². The molecule has 0 unspecified atom stereocenters. The van der Waals surface area contributed by atoms with E-state index in [1.165, 1.54) is 0 Å². The minimum atomic E-state index is 0.278. The molecule has 0 saturated carbocycles. The number of phenolic OH excluding ortho intramolecular Hbond substituents is 1. The molecule has 0 aliphatic rings. The summed E-state index contributed by atoms with van der Waals surface area (Å²) in [5, 5.41) is 13.4. The van der Waals surface area contributed by atoms with Crippen molar-refractivity contribution in [2.45, 2.75) is 6.92 Å². The molecule has 3 aromatic carbocycles. The molecule has 1 heterocycles. The van der Waals surface area contributed by atoms with Crippen LogP contribution in [-0.2, 0) is 0 Å². The number of hydrogen-bond acceptors (Lipinski definition) is 2. The predicted molar refractivity (Wildman–Crippen MR) is 91.1 cm³/mol. The molecule has 1 N–H and O–H groups in total. The molecule has 0 atom stereocenters. The first-order valence-corrected chi connectivity index (χ1v) is 7.31. The average Bonchev–Trinajstić information content (AvgIpc) is 2.55. The topological polar surface area (TPSA) is 33.1 Å². The minimum absolute atomic E-state index is 0.278. The average molecular weight is 285 g/mol. The Bertz CT molecular complexity index is 991. The summed E-state index contributed by atoms with van der Waals surface area (Å²) in [5.74, 6) is 0.278. The van der Waals surface area contributed by atoms with E-state index in [0.717, 1.165) is 38.5 Å². The second-order valence-electron chi connectivity index (χ2n) is 5.52. The van der Waals surface area contributed by atoms with Crippen LogP contribution in [0.3, 0.4) is 0 Å². The molecule has 0 spiro atoms. The van der Waals surface area contributed by atoms with Crippen molar-refractivity contribution in [1.82, 2.24) is 4.98 Å². The molecule has 2 nitrogen and oxygen atoms in total. The number of hydrogen-bond donors (Lipinski definition) is 1. The van der Waals surface area contributed by atoms with Crippen LogP contribution in [0.4, 0.5) is 0 Å². The normalized spacial score (nSPS) is 11.1. The number of benzene rings is 3. The second-order valence-corrected chi connectivity index (χ2v) is 5.52. The SMILES string of the molecule is Cc1cc(-c2ccccc2)c2c(O)cc3ccccc3c2n1. The van der Waals surface area contributed by atoms with Crippen molar-refractivity contribution in [3.8, 4) is 16.9 Å². The molecule has 22 heavy (non-hydrogen) atoms. The molecule has 0 amide bonds. The predicted octanol–water partition coefficient (Wildman–Crippen LogP) is 5.07. The van der Waals surface area contributed by atoms with Gasteiger partial charge in [0.2, 0.25) is 0 Å². The Morgan fingerprint density at radius 3 is 2.41 bits per heavy atom. The fraction of sp³-hybridized carbons (Fsp3) is 0.0500. The van der Waals surface area contributed by atoms with Crippen molar-refractivity contribution in [1.29, 1.82) is 0 Å². The fourth-order valence-electron chi connectivity index (χ4n) is 3.03. The highest BCUT2D eigenvalue weighted by Gasteiger charge is 2.13. The molecule has 106 valence electrons. The number of rotatable bonds is 1. The fourth-order valence-corrected chi connectivity index (χ4v) is 3.03. The Hall–Kier alpha value is -2.87. The lowest BCUT2D eigenvalue weighted by Gasteiger charge is -2.12. The van der Waals surface area contributed by atoms with Gasteiger partial charge in [-0.1, -0.05) is 54.6 Å². The lowest BCUT2D eigenvalue weighted by atomic mass is 9.96. The second kappa shape index (κ2) is 4.85. The van der Waals surface area contributed by atoms with Gasteiger partial charge in [0.1, 0.15) is 5.75 Å². The number of nitrogens with zero attached hydrogens (tertiary/aromatic N) is 1. The van der Waals surface area contributed by atoms with Crippen molar-refractivity contribution in [2.24, 2.45) is 0 Å². The largest absolute Gasteiger partial charge is 0.507 e. The molecule has 0 aliphatic carbocycles. The maximum atomic E-state index is 10.6. The Labute approximate surface area is 128 Å². The molecule has 0 saturated heterocycles. The third-order valence-electron chi connectivity index (χ3n) is 4.00. The quantitative estimate of drug-likeness (QED) is 0.495. The molecule has 2 heteroatoms. The van der Waals surface area contributed by atoms with Gasteiger partial charge in [-0.2, -0.15) is 0 Å². The molecule has 4 aromatic rings. The summed E-state index contributed by atoms with van der Waals surface area (Å²) in [7, 11) is 0. The van der Waals surface area contributed by atoms with Crippen LogP contribution in [-0.4, -0.2) is 10.1 Å². The van der Waals surface area contributed by atoms with E-state index in [-0.39, 0.29) is 5.75 Å². The molecular formula is C20H15NO. The molecule has 4 rings (SSSR count). The Kier molecular flexibility index (Phi) is 2.83. The van der Waals surface area contributed by atoms with Gasteiger partial charge in [0, 0.05) is 11.1 Å². The number of aryl methyl sites for hydroxylation is 1. The van der Waals surface area contributed by atoms with Gasteiger partial charge >= 0.3 is 0 Å². The highest BCUT2D eigenvalue weighted by molar-refractivity contribution is 6.13. The molecule has 1 aromatic heterocycles. The van der Waals surface area contributed by atoms with Crippen LogP contribution in [0.25, 0.3) is 32.8 Å². The van der Waals surface area contributed by atoms with Gasteiger partial charge in [0.15, 0.2) is 0 Å². The Balaban J connectivity index is 2.21. The van der Waals surface area contributed by atoms with Crippen LogP contribution in [0.1, 0.15) is 5.69 Å². The van der Waals surface area contributed by atoms with Gasteiger partial charge in [-0.05, 0) is 35.6 Å². The zero-order chi connectivity index (χ0) is 15.1. The van der Waals surface area contributed by atoms with Crippen LogP contribution in [0.5, 0.6) is 5.75 Å². The molecule has 0 bridgehead atoms. The summed E-state index contributed by atoms with van der Waals surface area (Å²) in [6.45, 7) is 1.99. The van der Waals surface area contributed by atoms with Gasteiger partial charge in [0.05, 0.1) is 10.9 Å². The van der Waals surface area contributed by atoms with Gasteiger partial charge < -0.3 is 5.11 Å². The maximum Gasteiger partial charge on any atom is 0.126 e. The summed E-state index contributed by atoms with van der Waals surface area (Å²) >= 11 is 0. The van der Waals surface area contributed by atoms with Gasteiger partial charge in [0.25, 0.3) is 0 Å². The maximum absolute atomic E-state index is 10.6. The lowest BCUT2D eigenvalue weighted by molar-refractivity contribution is 0.482. The zero-order valence-corrected chi connectivity index (χ0v) is 12.2. The highest BCUT2D eigenvalue weighted by atomic mass is 16.3. The smallest absolute Gasteiger partial charge is 0.126 e. The van der Waals surface area contributed by atoms with E-state index in [1.807, 2.05) is 55.5 Å². The van der Waals surface area contributed by atoms with Crippen molar-refractivity contribution in [3.05, 3.63) is 72.4 Å². The number of aromatic nitrogens is 1. The Morgan fingerprint density at radius 2 is 1.59 bits per heavy atom. The van der Waals surface area contributed by atoms with Gasteiger partial charge in [-0.3, -0.25) is 4.98 Å². The number of pyridine rings is 1. The first-order chi connectivity index (χ1) is 10.7. The Morgan fingerprint density at radius 1 is 0.864 bits per heavy atom. The van der Waals surface area contributed by atoms with E-state index >= 15 is 0 Å². The minimum Gasteiger partial charge on any atom is -0.507 e. The van der Waals surface area contributed by atoms with E-state index in [2.05, 4.69) is 18.2 Å². The van der Waals surface area contributed by atoms with Crippen molar-refractivity contribution >= 4 is 21.7 Å².